The van der Waals surface area contributed by atoms with Gasteiger partial charge in [-0.1, -0.05) is 68.2 Å². The van der Waals surface area contributed by atoms with Crippen molar-refractivity contribution in [1.82, 2.24) is 4.98 Å². The predicted octanol–water partition coefficient (Wildman–Crippen LogP) is 7.23. The number of allylic oxidation sites excluding steroid dienone is 8. The van der Waals surface area contributed by atoms with Crippen LogP contribution in [0, 0.1) is 5.92 Å². The molecular formula is C31H35N3O. The molecule has 0 amide bonds. The van der Waals surface area contributed by atoms with Crippen LogP contribution in [0.4, 0.5) is 5.82 Å². The van der Waals surface area contributed by atoms with Gasteiger partial charge >= 0.3 is 0 Å². The molecule has 1 aromatic heterocycles. The van der Waals surface area contributed by atoms with Gasteiger partial charge in [0.15, 0.2) is 0 Å². The van der Waals surface area contributed by atoms with Crippen LogP contribution < -0.4 is 4.90 Å². The van der Waals surface area contributed by atoms with Crippen LogP contribution in [0.5, 0.6) is 0 Å². The fourth-order valence-corrected chi connectivity index (χ4v) is 6.10. The Hall–Kier alpha value is -3.27. The summed E-state index contributed by atoms with van der Waals surface area (Å²) in [4.78, 5) is 23.8. The van der Waals surface area contributed by atoms with Crippen molar-refractivity contribution in [3.05, 3.63) is 83.9 Å². The highest BCUT2D eigenvalue weighted by molar-refractivity contribution is 6.07. The van der Waals surface area contributed by atoms with Gasteiger partial charge in [-0.3, -0.25) is 4.99 Å². The number of pyridine rings is 1. The first-order valence-electron chi connectivity index (χ1n) is 13.0. The Kier molecular flexibility index (Phi) is 6.55. The molecule has 1 unspecified atom stereocenters. The Morgan fingerprint density at radius 3 is 2.66 bits per heavy atom. The largest absolute Gasteiger partial charge is 0.326 e. The van der Waals surface area contributed by atoms with E-state index in [9.17, 15) is 4.79 Å². The van der Waals surface area contributed by atoms with Crippen LogP contribution in [0.25, 0.3) is 10.8 Å². The number of aromatic nitrogens is 1. The van der Waals surface area contributed by atoms with Crippen molar-refractivity contribution in [3.8, 4) is 0 Å². The topological polar surface area (TPSA) is 45.6 Å². The van der Waals surface area contributed by atoms with Gasteiger partial charge in [-0.15, -0.1) is 0 Å². The van der Waals surface area contributed by atoms with E-state index in [1.165, 1.54) is 47.7 Å². The molecule has 1 aromatic carbocycles. The third-order valence-corrected chi connectivity index (χ3v) is 7.68. The van der Waals surface area contributed by atoms with Crippen LogP contribution in [0.1, 0.15) is 64.9 Å². The van der Waals surface area contributed by atoms with Crippen LogP contribution in [0.15, 0.2) is 83.3 Å². The van der Waals surface area contributed by atoms with Crippen LogP contribution >= 0.6 is 0 Å². The lowest BCUT2D eigenvalue weighted by Crippen LogP contribution is -2.34. The molecule has 2 aliphatic carbocycles. The average molecular weight is 466 g/mol. The van der Waals surface area contributed by atoms with Crippen molar-refractivity contribution >= 4 is 28.6 Å². The highest BCUT2D eigenvalue weighted by atomic mass is 16.1. The maximum atomic E-state index is 11.5. The van der Waals surface area contributed by atoms with Crippen molar-refractivity contribution in [2.24, 2.45) is 10.9 Å². The standard InChI is InChI=1S/C31H35N3O/c1-22(2)34-28(17-16-23(3)33-27-15-9-7-13-25(27)21-35)31(18-10-4-5-11-19-31)29-26-14-8-6-12-24(26)20-32-30(29)34/h6-9,12-17,20-22,25H,4-5,10-11,18-19H2,1-3H3/b23-16-,28-17+,33-27?. The van der Waals surface area contributed by atoms with E-state index in [1.807, 2.05) is 37.4 Å². The third kappa shape index (κ3) is 4.20. The SMILES string of the molecule is C/C(=C/C=C1/N(C(C)C)c2ncc3ccccc3c2C12CCCCCC2)N=C1C=CC=CC1C=O. The van der Waals surface area contributed by atoms with E-state index in [4.69, 9.17) is 9.98 Å². The molecule has 3 aliphatic rings. The van der Waals surface area contributed by atoms with Crippen molar-refractivity contribution in [2.75, 3.05) is 4.90 Å². The molecule has 1 atom stereocenters. The molecule has 1 fully saturated rings. The van der Waals surface area contributed by atoms with Gasteiger partial charge in [0.25, 0.3) is 0 Å². The Morgan fingerprint density at radius 1 is 1.14 bits per heavy atom. The van der Waals surface area contributed by atoms with Crippen LogP contribution in [0.2, 0.25) is 0 Å². The maximum absolute atomic E-state index is 11.5. The number of carbonyl (C=O) groups is 1. The van der Waals surface area contributed by atoms with E-state index in [2.05, 4.69) is 55.2 Å². The number of aliphatic imine (C=N–C) groups is 1. The first-order valence-corrected chi connectivity index (χ1v) is 13.0. The summed E-state index contributed by atoms with van der Waals surface area (Å²) in [7, 11) is 0. The van der Waals surface area contributed by atoms with Gasteiger partial charge in [-0.2, -0.15) is 0 Å². The highest BCUT2D eigenvalue weighted by Gasteiger charge is 2.49. The molecule has 0 N–H and O–H groups in total. The molecule has 4 nitrogen and oxygen atoms in total. The molecule has 0 bridgehead atoms. The molecule has 1 spiro atoms. The number of benzene rings is 1. The van der Waals surface area contributed by atoms with Crippen LogP contribution in [-0.4, -0.2) is 23.0 Å². The van der Waals surface area contributed by atoms with E-state index in [1.54, 1.807) is 0 Å². The zero-order valence-electron chi connectivity index (χ0n) is 21.1. The summed E-state index contributed by atoms with van der Waals surface area (Å²) in [5, 5.41) is 2.55. The third-order valence-electron chi connectivity index (χ3n) is 7.68. The van der Waals surface area contributed by atoms with Gasteiger partial charge in [0.05, 0.1) is 11.6 Å². The lowest BCUT2D eigenvalue weighted by Gasteiger charge is -2.34. The molecule has 4 heteroatoms. The van der Waals surface area contributed by atoms with Crippen molar-refractivity contribution in [3.63, 3.8) is 0 Å². The van der Waals surface area contributed by atoms with E-state index in [0.29, 0.717) is 6.04 Å². The van der Waals surface area contributed by atoms with E-state index in [0.717, 1.165) is 36.4 Å². The second-order valence-electron chi connectivity index (χ2n) is 10.3. The summed E-state index contributed by atoms with van der Waals surface area (Å²) < 4.78 is 0. The number of carbonyl (C=O) groups excluding carboxylic acids is 1. The number of aldehydes is 1. The average Bonchev–Trinajstić information content (AvgIpc) is 2.97. The molecule has 2 heterocycles. The Morgan fingerprint density at radius 2 is 1.91 bits per heavy atom. The monoisotopic (exact) mass is 465 g/mol. The number of fused-ring (bicyclic) bond motifs is 4. The molecule has 2 aromatic rings. The summed E-state index contributed by atoms with van der Waals surface area (Å²) in [6.07, 6.45) is 22.4. The van der Waals surface area contributed by atoms with E-state index < -0.39 is 0 Å². The highest BCUT2D eigenvalue weighted by Crippen LogP contribution is 2.56. The van der Waals surface area contributed by atoms with Gasteiger partial charge in [-0.05, 0) is 57.2 Å². The second kappa shape index (κ2) is 9.77. The van der Waals surface area contributed by atoms with Gasteiger partial charge in [-0.25, -0.2) is 4.98 Å². The zero-order valence-corrected chi connectivity index (χ0v) is 21.1. The molecule has 0 radical (unpaired) electrons. The smallest absolute Gasteiger partial charge is 0.137 e. The van der Waals surface area contributed by atoms with Crippen LogP contribution in [0.3, 0.4) is 0 Å². The summed E-state index contributed by atoms with van der Waals surface area (Å²) in [5.74, 6) is 0.841. The Balaban J connectivity index is 1.67. The molecule has 35 heavy (non-hydrogen) atoms. The summed E-state index contributed by atoms with van der Waals surface area (Å²) in [6, 6.07) is 9.02. The Labute approximate surface area is 208 Å². The molecule has 1 saturated carbocycles. The lowest BCUT2D eigenvalue weighted by molar-refractivity contribution is -0.108. The van der Waals surface area contributed by atoms with Gasteiger partial charge in [0.2, 0.25) is 0 Å². The van der Waals surface area contributed by atoms with Gasteiger partial charge < -0.3 is 9.69 Å². The van der Waals surface area contributed by atoms with Gasteiger partial charge in [0.1, 0.15) is 12.1 Å². The predicted molar refractivity (Wildman–Crippen MR) is 146 cm³/mol. The van der Waals surface area contributed by atoms with Crippen molar-refractivity contribution in [2.45, 2.75) is 70.8 Å². The minimum Gasteiger partial charge on any atom is -0.326 e. The van der Waals surface area contributed by atoms with Crippen LogP contribution in [-0.2, 0) is 10.2 Å². The summed E-state index contributed by atoms with van der Waals surface area (Å²) in [6.45, 7) is 6.54. The molecule has 1 aliphatic heterocycles. The number of nitrogens with zero attached hydrogens (tertiary/aromatic N) is 3. The molecule has 180 valence electrons. The minimum atomic E-state index is -0.275. The van der Waals surface area contributed by atoms with Crippen molar-refractivity contribution in [1.29, 1.82) is 0 Å². The molecular weight excluding hydrogens is 430 g/mol. The molecule has 0 saturated heterocycles. The fourth-order valence-electron chi connectivity index (χ4n) is 6.10. The number of rotatable bonds is 4. The quantitative estimate of drug-likeness (QED) is 0.448. The Bertz CT molecular complexity index is 1270. The van der Waals surface area contributed by atoms with Gasteiger partial charge in [0, 0.05) is 40.0 Å². The van der Waals surface area contributed by atoms with E-state index >= 15 is 0 Å². The first-order chi connectivity index (χ1) is 17.0. The first kappa shape index (κ1) is 23.5. The fraction of sp³-hybridized carbons (Fsp3) is 0.387. The number of hydrogen-bond donors (Lipinski definition) is 0. The summed E-state index contributed by atoms with van der Waals surface area (Å²) >= 11 is 0. The van der Waals surface area contributed by atoms with Crippen molar-refractivity contribution < 1.29 is 4.79 Å². The summed E-state index contributed by atoms with van der Waals surface area (Å²) in [5.41, 5.74) is 4.42. The lowest BCUT2D eigenvalue weighted by atomic mass is 9.72. The number of hydrogen-bond acceptors (Lipinski definition) is 4. The normalized spacial score (nSPS) is 24.1. The molecule has 5 rings (SSSR count). The number of anilines is 1. The zero-order chi connectivity index (χ0) is 24.4. The van der Waals surface area contributed by atoms with E-state index in [-0.39, 0.29) is 11.3 Å². The minimum absolute atomic E-state index is 0.0350. The second-order valence-corrected chi connectivity index (χ2v) is 10.3. The maximum Gasteiger partial charge on any atom is 0.137 e.